The first-order chi connectivity index (χ1) is 8.65. The minimum atomic E-state index is -0.547. The van der Waals surface area contributed by atoms with Crippen molar-refractivity contribution in [2.45, 2.75) is 25.3 Å². The van der Waals surface area contributed by atoms with Crippen LogP contribution in [0, 0.1) is 0 Å². The van der Waals surface area contributed by atoms with Crippen LogP contribution in [0.3, 0.4) is 0 Å². The molecule has 0 unspecified atom stereocenters. The van der Waals surface area contributed by atoms with Crippen LogP contribution in [0.15, 0.2) is 18.3 Å². The SMILES string of the molecule is Nc1ccc(C(=O)OCCC(=O)NC2CC2)nc1. The lowest BCUT2D eigenvalue weighted by Crippen LogP contribution is -2.26. The van der Waals surface area contributed by atoms with Crippen molar-refractivity contribution in [3.63, 3.8) is 0 Å². The Morgan fingerprint density at radius 1 is 1.44 bits per heavy atom. The van der Waals surface area contributed by atoms with Crippen LogP contribution in [-0.2, 0) is 9.53 Å². The van der Waals surface area contributed by atoms with Crippen molar-refractivity contribution in [1.82, 2.24) is 10.3 Å². The minimum absolute atomic E-state index is 0.0590. The van der Waals surface area contributed by atoms with Crippen LogP contribution in [0.2, 0.25) is 0 Å². The zero-order valence-corrected chi connectivity index (χ0v) is 9.89. The number of nitrogens with zero attached hydrogens (tertiary/aromatic N) is 1. The van der Waals surface area contributed by atoms with Crippen LogP contribution < -0.4 is 11.1 Å². The number of amides is 1. The summed E-state index contributed by atoms with van der Waals surface area (Å²) in [4.78, 5) is 26.7. The number of pyridine rings is 1. The summed E-state index contributed by atoms with van der Waals surface area (Å²) in [7, 11) is 0. The van der Waals surface area contributed by atoms with Gasteiger partial charge in [-0.15, -0.1) is 0 Å². The number of anilines is 1. The van der Waals surface area contributed by atoms with E-state index in [9.17, 15) is 9.59 Å². The number of hydrogen-bond donors (Lipinski definition) is 2. The van der Waals surface area contributed by atoms with Gasteiger partial charge in [0.15, 0.2) is 0 Å². The molecule has 1 fully saturated rings. The van der Waals surface area contributed by atoms with Crippen molar-refractivity contribution in [1.29, 1.82) is 0 Å². The first-order valence-electron chi connectivity index (χ1n) is 5.83. The van der Waals surface area contributed by atoms with Crippen LogP contribution in [0.1, 0.15) is 29.8 Å². The molecule has 96 valence electrons. The zero-order valence-electron chi connectivity index (χ0n) is 9.89. The number of rotatable bonds is 5. The lowest BCUT2D eigenvalue weighted by atomic mass is 10.3. The maximum atomic E-state index is 11.5. The minimum Gasteiger partial charge on any atom is -0.460 e. The predicted molar refractivity (Wildman–Crippen MR) is 64.7 cm³/mol. The third-order valence-electron chi connectivity index (χ3n) is 2.50. The molecule has 6 heteroatoms. The fourth-order valence-corrected chi connectivity index (χ4v) is 1.36. The molecule has 2 rings (SSSR count). The standard InChI is InChI=1S/C12H15N3O3/c13-8-1-4-10(14-7-8)12(17)18-6-5-11(16)15-9-2-3-9/h1,4,7,9H,2-3,5-6,13H2,(H,15,16). The molecule has 0 atom stereocenters. The number of ether oxygens (including phenoxy) is 1. The maximum absolute atomic E-state index is 11.5. The molecule has 0 aliphatic heterocycles. The molecule has 6 nitrogen and oxygen atoms in total. The number of aromatic nitrogens is 1. The van der Waals surface area contributed by atoms with E-state index in [1.165, 1.54) is 12.3 Å². The van der Waals surface area contributed by atoms with Crippen molar-refractivity contribution in [3.8, 4) is 0 Å². The van der Waals surface area contributed by atoms with Crippen LogP contribution in [0.25, 0.3) is 0 Å². The summed E-state index contributed by atoms with van der Waals surface area (Å²) in [6, 6.07) is 3.39. The molecule has 1 saturated carbocycles. The van der Waals surface area contributed by atoms with Gasteiger partial charge in [-0.25, -0.2) is 9.78 Å². The highest BCUT2D eigenvalue weighted by molar-refractivity contribution is 5.87. The summed E-state index contributed by atoms with van der Waals surface area (Å²) in [6.45, 7) is 0.0590. The third kappa shape index (κ3) is 3.73. The first-order valence-corrected chi connectivity index (χ1v) is 5.83. The van der Waals surface area contributed by atoms with Crippen molar-refractivity contribution >= 4 is 17.6 Å². The van der Waals surface area contributed by atoms with Gasteiger partial charge in [0.1, 0.15) is 12.3 Å². The number of nitrogens with one attached hydrogen (secondary N) is 1. The van der Waals surface area contributed by atoms with E-state index in [-0.39, 0.29) is 24.6 Å². The Kier molecular flexibility index (Phi) is 3.76. The average molecular weight is 249 g/mol. The molecule has 1 aliphatic carbocycles. The Balaban J connectivity index is 1.70. The molecule has 1 aromatic heterocycles. The fourth-order valence-electron chi connectivity index (χ4n) is 1.36. The van der Waals surface area contributed by atoms with Gasteiger partial charge in [-0.3, -0.25) is 4.79 Å². The second-order valence-corrected chi connectivity index (χ2v) is 4.20. The van der Waals surface area contributed by atoms with E-state index in [0.717, 1.165) is 12.8 Å². The first kappa shape index (κ1) is 12.3. The van der Waals surface area contributed by atoms with E-state index in [1.807, 2.05) is 0 Å². The van der Waals surface area contributed by atoms with Gasteiger partial charge in [0.2, 0.25) is 5.91 Å². The monoisotopic (exact) mass is 249 g/mol. The molecule has 0 spiro atoms. The Hall–Kier alpha value is -2.11. The van der Waals surface area contributed by atoms with E-state index in [0.29, 0.717) is 11.7 Å². The second kappa shape index (κ2) is 5.48. The predicted octanol–water partition coefficient (Wildman–Crippen LogP) is 0.489. The summed E-state index contributed by atoms with van der Waals surface area (Å²) >= 11 is 0. The Labute approximate surface area is 105 Å². The van der Waals surface area contributed by atoms with E-state index in [4.69, 9.17) is 10.5 Å². The molecule has 0 aromatic carbocycles. The van der Waals surface area contributed by atoms with Crippen molar-refractivity contribution in [3.05, 3.63) is 24.0 Å². The van der Waals surface area contributed by atoms with E-state index >= 15 is 0 Å². The summed E-state index contributed by atoms with van der Waals surface area (Å²) in [5, 5.41) is 2.81. The van der Waals surface area contributed by atoms with Crippen molar-refractivity contribution < 1.29 is 14.3 Å². The molecular formula is C12H15N3O3. The van der Waals surface area contributed by atoms with Gasteiger partial charge in [0.05, 0.1) is 18.3 Å². The number of nitrogen functional groups attached to an aromatic ring is 1. The molecule has 1 amide bonds. The molecule has 1 aliphatic rings. The Bertz CT molecular complexity index is 440. The summed E-state index contributed by atoms with van der Waals surface area (Å²) in [5.74, 6) is -0.634. The smallest absolute Gasteiger partial charge is 0.356 e. The second-order valence-electron chi connectivity index (χ2n) is 4.20. The highest BCUT2D eigenvalue weighted by atomic mass is 16.5. The molecule has 0 bridgehead atoms. The quantitative estimate of drug-likeness (QED) is 0.740. The topological polar surface area (TPSA) is 94.3 Å². The largest absolute Gasteiger partial charge is 0.460 e. The van der Waals surface area contributed by atoms with Crippen LogP contribution in [0.5, 0.6) is 0 Å². The van der Waals surface area contributed by atoms with Gasteiger partial charge < -0.3 is 15.8 Å². The third-order valence-corrected chi connectivity index (χ3v) is 2.50. The lowest BCUT2D eigenvalue weighted by molar-refractivity contribution is -0.121. The maximum Gasteiger partial charge on any atom is 0.356 e. The normalized spacial score (nSPS) is 14.0. The molecule has 18 heavy (non-hydrogen) atoms. The molecule has 1 aromatic rings. The number of carbonyl (C=O) groups excluding carboxylic acids is 2. The van der Waals surface area contributed by atoms with E-state index in [1.54, 1.807) is 6.07 Å². The van der Waals surface area contributed by atoms with Crippen LogP contribution in [0.4, 0.5) is 5.69 Å². The van der Waals surface area contributed by atoms with Gasteiger partial charge in [0.25, 0.3) is 0 Å². The van der Waals surface area contributed by atoms with E-state index in [2.05, 4.69) is 10.3 Å². The number of nitrogens with two attached hydrogens (primary N) is 1. The molecular weight excluding hydrogens is 234 g/mol. The fraction of sp³-hybridized carbons (Fsp3) is 0.417. The summed E-state index contributed by atoms with van der Waals surface area (Å²) < 4.78 is 4.94. The van der Waals surface area contributed by atoms with Gasteiger partial charge in [-0.05, 0) is 25.0 Å². The Morgan fingerprint density at radius 3 is 2.83 bits per heavy atom. The van der Waals surface area contributed by atoms with Gasteiger partial charge in [-0.2, -0.15) is 0 Å². The number of carbonyl (C=O) groups is 2. The van der Waals surface area contributed by atoms with Crippen LogP contribution in [-0.4, -0.2) is 29.5 Å². The van der Waals surface area contributed by atoms with Crippen molar-refractivity contribution in [2.24, 2.45) is 0 Å². The van der Waals surface area contributed by atoms with Gasteiger partial charge in [-0.1, -0.05) is 0 Å². The molecule has 3 N–H and O–H groups in total. The van der Waals surface area contributed by atoms with Gasteiger partial charge in [0, 0.05) is 6.04 Å². The Morgan fingerprint density at radius 2 is 2.22 bits per heavy atom. The molecule has 0 saturated heterocycles. The lowest BCUT2D eigenvalue weighted by Gasteiger charge is -2.05. The zero-order chi connectivity index (χ0) is 13.0. The van der Waals surface area contributed by atoms with Crippen molar-refractivity contribution in [2.75, 3.05) is 12.3 Å². The average Bonchev–Trinajstić information content (AvgIpc) is 3.13. The van der Waals surface area contributed by atoms with Gasteiger partial charge >= 0.3 is 5.97 Å². The van der Waals surface area contributed by atoms with Crippen LogP contribution >= 0.6 is 0 Å². The highest BCUT2D eigenvalue weighted by Crippen LogP contribution is 2.18. The summed E-state index contributed by atoms with van der Waals surface area (Å²) in [5.41, 5.74) is 6.12. The molecule has 0 radical (unpaired) electrons. The molecule has 1 heterocycles. The number of esters is 1. The highest BCUT2D eigenvalue weighted by Gasteiger charge is 2.23. The summed E-state index contributed by atoms with van der Waals surface area (Å²) in [6.07, 6.45) is 3.65. The number of hydrogen-bond acceptors (Lipinski definition) is 5. The van der Waals surface area contributed by atoms with E-state index < -0.39 is 5.97 Å².